The topological polar surface area (TPSA) is 20.3 Å². The second kappa shape index (κ2) is 6.56. The predicted octanol–water partition coefficient (Wildman–Crippen LogP) is 1.87. The van der Waals surface area contributed by atoms with E-state index in [1.807, 2.05) is 26.2 Å². The number of hydrogen-bond acceptors (Lipinski definition) is 1. The molecule has 0 heterocycles. The molecule has 0 atom stereocenters. The summed E-state index contributed by atoms with van der Waals surface area (Å²) in [4.78, 5) is 13.5. The van der Waals surface area contributed by atoms with Crippen molar-refractivity contribution in [3.05, 3.63) is 39.7 Å². The van der Waals surface area contributed by atoms with Crippen LogP contribution in [0.25, 0.3) is 0 Å². The number of hydrogen-bond donors (Lipinski definition) is 0. The molecule has 1 amide bonds. The second-order valence-corrected chi connectivity index (χ2v) is 14.7. The Morgan fingerprint density at radius 3 is 2.17 bits per heavy atom. The van der Waals surface area contributed by atoms with E-state index < -0.39 is 29.0 Å². The molecule has 1 aromatic rings. The van der Waals surface area contributed by atoms with Crippen LogP contribution >= 0.6 is 0 Å². The average molecular weight is 375 g/mol. The molecule has 4 heteroatoms. The van der Waals surface area contributed by atoms with E-state index in [0.717, 1.165) is 0 Å². The Morgan fingerprint density at radius 2 is 1.72 bits per heavy atom. The van der Waals surface area contributed by atoms with Crippen LogP contribution in [-0.4, -0.2) is 53.9 Å². The van der Waals surface area contributed by atoms with Gasteiger partial charge in [-0.3, -0.25) is 0 Å². The number of carbonyl (C=O) groups is 1. The third-order valence-electron chi connectivity index (χ3n) is 2.41. The van der Waals surface area contributed by atoms with Crippen molar-refractivity contribution in [2.45, 2.75) is 19.6 Å². The van der Waals surface area contributed by atoms with Crippen LogP contribution in [0.5, 0.6) is 0 Å². The summed E-state index contributed by atoms with van der Waals surface area (Å²) in [5.41, 5.74) is 0. The number of nitrogens with zero attached hydrogens (tertiary/aromatic N) is 1. The molecule has 1 aromatic carbocycles. The van der Waals surface area contributed by atoms with Crippen molar-refractivity contribution in [3.63, 3.8) is 0 Å². The number of amides is 1. The number of carbonyl (C=O) groups excluding carboxylic acids is 1. The third-order valence-corrected chi connectivity index (χ3v) is 12.4. The van der Waals surface area contributed by atoms with Gasteiger partial charge in [0.25, 0.3) is 0 Å². The van der Waals surface area contributed by atoms with Gasteiger partial charge in [0.15, 0.2) is 0 Å². The van der Waals surface area contributed by atoms with Crippen LogP contribution in [0.15, 0.2) is 39.7 Å². The first-order valence-corrected chi connectivity index (χ1v) is 11.8. The fourth-order valence-electron chi connectivity index (χ4n) is 1.26. The fraction of sp³-hybridized carbons (Fsp3) is 0.357. The minimum absolute atomic E-state index is 0.119. The van der Waals surface area contributed by atoms with Crippen molar-refractivity contribution in [1.29, 1.82) is 0 Å². The normalized spacial score (nSPS) is 12.4. The molecule has 0 radical (unpaired) electrons. The molecule has 0 saturated heterocycles. The summed E-state index contributed by atoms with van der Waals surface area (Å²) in [5, 5.41) is 0. The van der Waals surface area contributed by atoms with Crippen molar-refractivity contribution in [2.75, 3.05) is 14.1 Å². The molecule has 0 aliphatic rings. The van der Waals surface area contributed by atoms with E-state index in [2.05, 4.69) is 43.9 Å². The van der Waals surface area contributed by atoms with E-state index in [0.29, 0.717) is 0 Å². The summed E-state index contributed by atoms with van der Waals surface area (Å²) in [6, 6.07) is 10.6. The molecule has 18 heavy (non-hydrogen) atoms. The zero-order chi connectivity index (χ0) is 13.8. The van der Waals surface area contributed by atoms with Gasteiger partial charge in [0.1, 0.15) is 0 Å². The molecular weight excluding hydrogens is 354 g/mol. The molecule has 0 saturated carbocycles. The second-order valence-electron chi connectivity index (χ2n) is 5.41. The van der Waals surface area contributed by atoms with Crippen LogP contribution in [-0.2, 0) is 4.79 Å². The van der Waals surface area contributed by atoms with Gasteiger partial charge >= 0.3 is 122 Å². The van der Waals surface area contributed by atoms with Gasteiger partial charge < -0.3 is 0 Å². The standard InChI is InChI=1S/C14H21NOSiTe/c1-15(2)13(16)11-14(17(3,4)5)18-12-9-7-6-8-10-12/h6-11H,1-5H3/b14-11-. The zero-order valence-electron chi connectivity index (χ0n) is 11.7. The van der Waals surface area contributed by atoms with Crippen LogP contribution in [0, 0.1) is 0 Å². The van der Waals surface area contributed by atoms with Gasteiger partial charge in [0.2, 0.25) is 0 Å². The molecule has 0 spiro atoms. The Labute approximate surface area is 121 Å². The van der Waals surface area contributed by atoms with E-state index in [-0.39, 0.29) is 5.91 Å². The maximum absolute atomic E-state index is 11.9. The first-order valence-electron chi connectivity index (χ1n) is 5.97. The SMILES string of the molecule is CN(C)C(=O)/C=C(\[Te]c1ccccc1)[Si](C)(C)C. The van der Waals surface area contributed by atoms with Crippen LogP contribution < -0.4 is 3.61 Å². The molecular formula is C14H21NOSiTe. The molecule has 1 rings (SSSR count). The molecule has 0 aliphatic carbocycles. The Kier molecular flexibility index (Phi) is 5.65. The molecule has 0 fully saturated rings. The van der Waals surface area contributed by atoms with E-state index in [1.165, 1.54) is 6.86 Å². The van der Waals surface area contributed by atoms with Gasteiger partial charge in [-0.05, 0) is 0 Å². The fourth-order valence-corrected chi connectivity index (χ4v) is 7.55. The third kappa shape index (κ3) is 4.97. The van der Waals surface area contributed by atoms with Crippen LogP contribution in [0.2, 0.25) is 19.6 Å². The first kappa shape index (κ1) is 15.5. The monoisotopic (exact) mass is 377 g/mol. The summed E-state index contributed by atoms with van der Waals surface area (Å²) < 4.78 is 2.83. The summed E-state index contributed by atoms with van der Waals surface area (Å²) in [7, 11) is 2.21. The van der Waals surface area contributed by atoms with E-state index in [9.17, 15) is 4.79 Å². The van der Waals surface area contributed by atoms with E-state index in [4.69, 9.17) is 0 Å². The summed E-state index contributed by atoms with van der Waals surface area (Å²) in [5.74, 6) is 0.119. The Balaban J connectivity index is 2.98. The molecule has 98 valence electrons. The minimum atomic E-state index is -1.41. The van der Waals surface area contributed by atoms with Gasteiger partial charge in [0.05, 0.1) is 0 Å². The first-order chi connectivity index (χ1) is 8.30. The maximum atomic E-state index is 11.9. The van der Waals surface area contributed by atoms with Gasteiger partial charge in [0, 0.05) is 0 Å². The van der Waals surface area contributed by atoms with Crippen molar-refractivity contribution >= 4 is 38.5 Å². The van der Waals surface area contributed by atoms with E-state index >= 15 is 0 Å². The van der Waals surface area contributed by atoms with Crippen molar-refractivity contribution in [2.24, 2.45) is 0 Å². The summed E-state index contributed by atoms with van der Waals surface area (Å²) in [6.07, 6.45) is 1.89. The summed E-state index contributed by atoms with van der Waals surface area (Å²) >= 11 is -0.412. The molecule has 0 aromatic heterocycles. The van der Waals surface area contributed by atoms with Crippen molar-refractivity contribution < 1.29 is 4.79 Å². The number of rotatable bonds is 4. The summed E-state index contributed by atoms with van der Waals surface area (Å²) in [6.45, 7) is 6.94. The average Bonchev–Trinajstić information content (AvgIpc) is 2.28. The molecule has 0 N–H and O–H groups in total. The molecule has 0 aliphatic heterocycles. The van der Waals surface area contributed by atoms with Crippen LogP contribution in [0.3, 0.4) is 0 Å². The Morgan fingerprint density at radius 1 is 1.17 bits per heavy atom. The number of likely N-dealkylation sites (N-methyl/N-ethyl adjacent to an activating group) is 1. The van der Waals surface area contributed by atoms with Gasteiger partial charge in [-0.25, -0.2) is 0 Å². The van der Waals surface area contributed by atoms with Crippen molar-refractivity contribution in [3.8, 4) is 0 Å². The Bertz CT molecular complexity index is 435. The van der Waals surface area contributed by atoms with Gasteiger partial charge in [-0.1, -0.05) is 0 Å². The molecule has 2 nitrogen and oxygen atoms in total. The Hall–Kier alpha value is -0.564. The van der Waals surface area contributed by atoms with Crippen LogP contribution in [0.1, 0.15) is 0 Å². The van der Waals surface area contributed by atoms with Crippen molar-refractivity contribution in [1.82, 2.24) is 4.90 Å². The van der Waals surface area contributed by atoms with Gasteiger partial charge in [-0.2, -0.15) is 0 Å². The molecule has 0 bridgehead atoms. The van der Waals surface area contributed by atoms with Crippen LogP contribution in [0.4, 0.5) is 0 Å². The number of benzene rings is 1. The quantitative estimate of drug-likeness (QED) is 0.582. The van der Waals surface area contributed by atoms with Gasteiger partial charge in [-0.15, -0.1) is 0 Å². The molecule has 0 unspecified atom stereocenters. The zero-order valence-corrected chi connectivity index (χ0v) is 15.1. The van der Waals surface area contributed by atoms with E-state index in [1.54, 1.807) is 4.90 Å². The predicted molar refractivity (Wildman–Crippen MR) is 82.0 cm³/mol.